The Hall–Kier alpha value is -2.11. The Bertz CT molecular complexity index is 914. The number of nitrogens with one attached hydrogen (secondary N) is 1. The molecule has 1 N–H and O–H groups in total. The fourth-order valence-electron chi connectivity index (χ4n) is 3.86. The van der Waals surface area contributed by atoms with Crippen molar-refractivity contribution in [2.24, 2.45) is 0 Å². The molecule has 1 aliphatic rings. The molecule has 3 rings (SSSR count). The molecule has 2 aromatic rings. The second kappa shape index (κ2) is 11.0. The first kappa shape index (κ1) is 23.6. The molecule has 0 aliphatic heterocycles. The van der Waals surface area contributed by atoms with Crippen molar-refractivity contribution in [3.63, 3.8) is 0 Å². The van der Waals surface area contributed by atoms with Crippen molar-refractivity contribution in [1.29, 1.82) is 0 Å². The second-order valence-electron chi connectivity index (χ2n) is 8.09. The lowest BCUT2D eigenvalue weighted by atomic mass is 9.95. The third kappa shape index (κ3) is 6.68. The third-order valence-corrected chi connectivity index (χ3v) is 6.46. The molecular formula is C24H27Cl2FN2O2. The van der Waals surface area contributed by atoms with E-state index in [0.717, 1.165) is 31.2 Å². The third-order valence-electron chi connectivity index (χ3n) is 5.72. The van der Waals surface area contributed by atoms with Gasteiger partial charge in [0.1, 0.15) is 11.9 Å². The number of hydrogen-bond donors (Lipinski definition) is 1. The summed E-state index contributed by atoms with van der Waals surface area (Å²) in [6.07, 6.45) is 5.42. The minimum atomic E-state index is -0.663. The van der Waals surface area contributed by atoms with Gasteiger partial charge in [0.25, 0.3) is 0 Å². The van der Waals surface area contributed by atoms with Gasteiger partial charge in [-0.3, -0.25) is 9.59 Å². The zero-order chi connectivity index (χ0) is 22.4. The van der Waals surface area contributed by atoms with Crippen LogP contribution in [0.1, 0.15) is 50.2 Å². The Labute approximate surface area is 192 Å². The minimum absolute atomic E-state index is 0.0721. The highest BCUT2D eigenvalue weighted by Gasteiger charge is 2.28. The molecule has 166 valence electrons. The molecule has 1 saturated carbocycles. The molecule has 0 saturated heterocycles. The Morgan fingerprint density at radius 1 is 1.03 bits per heavy atom. The van der Waals surface area contributed by atoms with Crippen LogP contribution in [0.15, 0.2) is 42.5 Å². The molecule has 1 unspecified atom stereocenters. The monoisotopic (exact) mass is 464 g/mol. The fraction of sp³-hybridized carbons (Fsp3) is 0.417. The van der Waals surface area contributed by atoms with Gasteiger partial charge >= 0.3 is 0 Å². The standard InChI is InChI=1S/C24H27Cl2FN2O2/c1-16(24(31)28-20-5-3-2-4-6-20)29(15-18-9-12-21(25)22(26)13-18)23(30)14-17-7-10-19(27)11-8-17/h7-13,16,20H,2-6,14-15H2,1H3,(H,28,31). The number of halogens is 3. The number of rotatable bonds is 7. The van der Waals surface area contributed by atoms with E-state index in [2.05, 4.69) is 5.32 Å². The number of carbonyl (C=O) groups excluding carboxylic acids is 2. The number of benzene rings is 2. The molecule has 7 heteroatoms. The normalized spacial score (nSPS) is 15.4. The predicted molar refractivity (Wildman–Crippen MR) is 122 cm³/mol. The maximum Gasteiger partial charge on any atom is 0.242 e. The van der Waals surface area contributed by atoms with E-state index in [1.54, 1.807) is 42.2 Å². The molecule has 0 spiro atoms. The van der Waals surface area contributed by atoms with Gasteiger partial charge < -0.3 is 10.2 Å². The number of nitrogens with zero attached hydrogens (tertiary/aromatic N) is 1. The van der Waals surface area contributed by atoms with E-state index in [4.69, 9.17) is 23.2 Å². The minimum Gasteiger partial charge on any atom is -0.352 e. The topological polar surface area (TPSA) is 49.4 Å². The lowest BCUT2D eigenvalue weighted by Gasteiger charge is -2.31. The number of carbonyl (C=O) groups is 2. The SMILES string of the molecule is CC(C(=O)NC1CCCCC1)N(Cc1ccc(Cl)c(Cl)c1)C(=O)Cc1ccc(F)cc1. The summed E-state index contributed by atoms with van der Waals surface area (Å²) in [6, 6.07) is 10.5. The van der Waals surface area contributed by atoms with Gasteiger partial charge in [-0.2, -0.15) is 0 Å². The average Bonchev–Trinajstić information content (AvgIpc) is 2.76. The first-order valence-electron chi connectivity index (χ1n) is 10.6. The van der Waals surface area contributed by atoms with Crippen molar-refractivity contribution in [2.45, 2.75) is 64.1 Å². The average molecular weight is 465 g/mol. The zero-order valence-corrected chi connectivity index (χ0v) is 19.1. The number of hydrogen-bond acceptors (Lipinski definition) is 2. The van der Waals surface area contributed by atoms with Crippen LogP contribution >= 0.6 is 23.2 Å². The van der Waals surface area contributed by atoms with Crippen LogP contribution in [-0.4, -0.2) is 28.8 Å². The van der Waals surface area contributed by atoms with Crippen LogP contribution < -0.4 is 5.32 Å². The van der Waals surface area contributed by atoms with Crippen molar-refractivity contribution >= 4 is 35.0 Å². The summed E-state index contributed by atoms with van der Waals surface area (Å²) < 4.78 is 13.2. The molecule has 1 fully saturated rings. The highest BCUT2D eigenvalue weighted by molar-refractivity contribution is 6.42. The first-order chi connectivity index (χ1) is 14.8. The summed E-state index contributed by atoms with van der Waals surface area (Å²) in [5.41, 5.74) is 1.46. The van der Waals surface area contributed by atoms with E-state index in [9.17, 15) is 14.0 Å². The molecule has 0 heterocycles. The lowest BCUT2D eigenvalue weighted by Crippen LogP contribution is -2.50. The van der Waals surface area contributed by atoms with E-state index in [-0.39, 0.29) is 36.6 Å². The maximum atomic E-state index is 13.2. The van der Waals surface area contributed by atoms with Crippen molar-refractivity contribution in [1.82, 2.24) is 10.2 Å². The summed E-state index contributed by atoms with van der Waals surface area (Å²) in [6.45, 7) is 1.95. The molecule has 2 aromatic carbocycles. The molecule has 0 aromatic heterocycles. The van der Waals surface area contributed by atoms with E-state index in [1.165, 1.54) is 18.6 Å². The quantitative estimate of drug-likeness (QED) is 0.584. The molecule has 0 radical (unpaired) electrons. The van der Waals surface area contributed by atoms with Crippen LogP contribution in [0.5, 0.6) is 0 Å². The van der Waals surface area contributed by atoms with E-state index in [1.807, 2.05) is 0 Å². The van der Waals surface area contributed by atoms with Gasteiger partial charge in [0.05, 0.1) is 16.5 Å². The van der Waals surface area contributed by atoms with Crippen LogP contribution in [0.2, 0.25) is 10.0 Å². The van der Waals surface area contributed by atoms with Crippen molar-refractivity contribution < 1.29 is 14.0 Å². The van der Waals surface area contributed by atoms with Gasteiger partial charge in [-0.05, 0) is 55.2 Å². The molecule has 2 amide bonds. The van der Waals surface area contributed by atoms with Crippen molar-refractivity contribution in [2.75, 3.05) is 0 Å². The lowest BCUT2D eigenvalue weighted by molar-refractivity contribution is -0.140. The highest BCUT2D eigenvalue weighted by Crippen LogP contribution is 2.24. The van der Waals surface area contributed by atoms with Crippen LogP contribution in [0.25, 0.3) is 0 Å². The molecule has 1 aliphatic carbocycles. The molecule has 31 heavy (non-hydrogen) atoms. The molecular weight excluding hydrogens is 438 g/mol. The van der Waals surface area contributed by atoms with Gasteiger partial charge in [-0.25, -0.2) is 4.39 Å². The Kier molecular flexibility index (Phi) is 8.33. The van der Waals surface area contributed by atoms with Gasteiger partial charge in [0, 0.05) is 12.6 Å². The summed E-state index contributed by atoms with van der Waals surface area (Å²) in [4.78, 5) is 27.7. The maximum absolute atomic E-state index is 13.2. The van der Waals surface area contributed by atoms with E-state index < -0.39 is 6.04 Å². The summed E-state index contributed by atoms with van der Waals surface area (Å²) >= 11 is 12.2. The summed E-state index contributed by atoms with van der Waals surface area (Å²) in [5.74, 6) is -0.743. The van der Waals surface area contributed by atoms with E-state index in [0.29, 0.717) is 15.6 Å². The van der Waals surface area contributed by atoms with E-state index >= 15 is 0 Å². The zero-order valence-electron chi connectivity index (χ0n) is 17.5. The van der Waals surface area contributed by atoms with Gasteiger partial charge in [0.15, 0.2) is 0 Å². The Morgan fingerprint density at radius 2 is 1.68 bits per heavy atom. The van der Waals surface area contributed by atoms with Gasteiger partial charge in [-0.15, -0.1) is 0 Å². The highest BCUT2D eigenvalue weighted by atomic mass is 35.5. The number of amides is 2. The molecule has 1 atom stereocenters. The van der Waals surface area contributed by atoms with Crippen LogP contribution in [0, 0.1) is 5.82 Å². The summed E-state index contributed by atoms with van der Waals surface area (Å²) in [7, 11) is 0. The first-order valence-corrected chi connectivity index (χ1v) is 11.4. The Balaban J connectivity index is 1.77. The van der Waals surface area contributed by atoms with Gasteiger partial charge in [0.2, 0.25) is 11.8 Å². The van der Waals surface area contributed by atoms with Crippen LogP contribution in [-0.2, 0) is 22.6 Å². The molecule has 0 bridgehead atoms. The Morgan fingerprint density at radius 3 is 2.32 bits per heavy atom. The molecule has 4 nitrogen and oxygen atoms in total. The smallest absolute Gasteiger partial charge is 0.242 e. The van der Waals surface area contributed by atoms with Gasteiger partial charge in [-0.1, -0.05) is 60.7 Å². The largest absolute Gasteiger partial charge is 0.352 e. The predicted octanol–water partition coefficient (Wildman–Crippen LogP) is 5.54. The van der Waals surface area contributed by atoms with Crippen molar-refractivity contribution in [3.8, 4) is 0 Å². The van der Waals surface area contributed by atoms with Crippen molar-refractivity contribution in [3.05, 3.63) is 69.5 Å². The van der Waals surface area contributed by atoms with Crippen LogP contribution in [0.3, 0.4) is 0 Å². The second-order valence-corrected chi connectivity index (χ2v) is 8.91. The van der Waals surface area contributed by atoms with Crippen LogP contribution in [0.4, 0.5) is 4.39 Å². The summed E-state index contributed by atoms with van der Waals surface area (Å²) in [5, 5.41) is 3.92. The fourth-order valence-corrected chi connectivity index (χ4v) is 4.19.